The molecule has 8 nitrogen and oxygen atoms in total. The molecule has 8 heteroatoms. The zero-order valence-corrected chi connectivity index (χ0v) is 15.4. The molecule has 0 aliphatic rings. The van der Waals surface area contributed by atoms with E-state index in [0.29, 0.717) is 6.54 Å². The number of carboxylic acids is 1. The summed E-state index contributed by atoms with van der Waals surface area (Å²) in [5.41, 5.74) is 1.65. The molecule has 2 heterocycles. The minimum atomic E-state index is -1.17. The first-order chi connectivity index (χ1) is 13.0. The molecule has 3 rings (SSSR count). The zero-order chi connectivity index (χ0) is 19.4. The predicted molar refractivity (Wildman–Crippen MR) is 98.3 cm³/mol. The van der Waals surface area contributed by atoms with E-state index in [1.807, 2.05) is 24.3 Å². The molecule has 27 heavy (non-hydrogen) atoms. The summed E-state index contributed by atoms with van der Waals surface area (Å²) in [4.78, 5) is 25.0. The first kappa shape index (κ1) is 18.6. The number of para-hydroxylation sites is 1. The molecular weight excluding hydrogens is 348 g/mol. The zero-order valence-electron chi connectivity index (χ0n) is 15.4. The minimum absolute atomic E-state index is 0.0726. The molecule has 0 unspecified atom stereocenters. The number of aromatic carboxylic acids is 1. The van der Waals surface area contributed by atoms with Crippen LogP contribution in [0.1, 0.15) is 41.6 Å². The highest BCUT2D eigenvalue weighted by atomic mass is 16.4. The van der Waals surface area contributed by atoms with E-state index in [1.54, 1.807) is 11.9 Å². The van der Waals surface area contributed by atoms with E-state index in [1.165, 1.54) is 10.9 Å². The molecule has 0 radical (unpaired) electrons. The molecule has 2 aromatic heterocycles. The summed E-state index contributed by atoms with van der Waals surface area (Å²) in [6, 6.07) is 7.81. The summed E-state index contributed by atoms with van der Waals surface area (Å²) in [6.07, 6.45) is 4.15. The third-order valence-corrected chi connectivity index (χ3v) is 4.42. The third-order valence-electron chi connectivity index (χ3n) is 4.42. The molecule has 1 aromatic carbocycles. The van der Waals surface area contributed by atoms with Gasteiger partial charge in [0.05, 0.1) is 6.20 Å². The number of fused-ring (bicyclic) bond motifs is 1. The Kier molecular flexibility index (Phi) is 5.54. The van der Waals surface area contributed by atoms with Gasteiger partial charge in [0.15, 0.2) is 5.69 Å². The maximum absolute atomic E-state index is 12.5. The molecule has 1 amide bonds. The van der Waals surface area contributed by atoms with Gasteiger partial charge in [0, 0.05) is 31.0 Å². The van der Waals surface area contributed by atoms with Crippen molar-refractivity contribution in [2.24, 2.45) is 0 Å². The van der Waals surface area contributed by atoms with Crippen LogP contribution < -0.4 is 0 Å². The van der Waals surface area contributed by atoms with Gasteiger partial charge in [0.2, 0.25) is 5.91 Å². The van der Waals surface area contributed by atoms with E-state index in [2.05, 4.69) is 17.2 Å². The van der Waals surface area contributed by atoms with Crippen LogP contribution in [0.25, 0.3) is 11.0 Å². The van der Waals surface area contributed by atoms with Gasteiger partial charge in [-0.1, -0.05) is 36.8 Å². The van der Waals surface area contributed by atoms with Crippen molar-refractivity contribution in [1.82, 2.24) is 19.9 Å². The van der Waals surface area contributed by atoms with Crippen LogP contribution in [0.3, 0.4) is 0 Å². The van der Waals surface area contributed by atoms with Crippen LogP contribution >= 0.6 is 0 Å². The van der Waals surface area contributed by atoms with Gasteiger partial charge in [-0.25, -0.2) is 9.48 Å². The average molecular weight is 370 g/mol. The van der Waals surface area contributed by atoms with Crippen molar-refractivity contribution in [1.29, 1.82) is 0 Å². The fraction of sp³-hybridized carbons (Fsp3) is 0.368. The largest absolute Gasteiger partial charge is 0.476 e. The number of furan rings is 1. The molecule has 0 fully saturated rings. The fourth-order valence-corrected chi connectivity index (χ4v) is 2.92. The number of rotatable bonds is 8. The van der Waals surface area contributed by atoms with Crippen LogP contribution in [-0.2, 0) is 24.3 Å². The Balaban J connectivity index is 1.76. The number of carbonyl (C=O) groups excluding carboxylic acids is 1. The molecule has 0 saturated carbocycles. The van der Waals surface area contributed by atoms with E-state index in [9.17, 15) is 9.59 Å². The first-order valence-electron chi connectivity index (χ1n) is 8.86. The summed E-state index contributed by atoms with van der Waals surface area (Å²) in [5, 5.41) is 17.1. The van der Waals surface area contributed by atoms with Gasteiger partial charge in [0.1, 0.15) is 17.9 Å². The van der Waals surface area contributed by atoms with Crippen molar-refractivity contribution in [2.75, 3.05) is 7.05 Å². The summed E-state index contributed by atoms with van der Waals surface area (Å²) in [5.74, 6) is -0.456. The number of aromatic nitrogens is 3. The molecule has 142 valence electrons. The third kappa shape index (κ3) is 4.16. The molecule has 0 saturated heterocycles. The smallest absolute Gasteiger partial charge is 0.358 e. The predicted octanol–water partition coefficient (Wildman–Crippen LogP) is 2.72. The van der Waals surface area contributed by atoms with Crippen LogP contribution in [0.15, 0.2) is 34.9 Å². The second-order valence-corrected chi connectivity index (χ2v) is 6.46. The van der Waals surface area contributed by atoms with Gasteiger partial charge in [-0.15, -0.1) is 5.10 Å². The summed E-state index contributed by atoms with van der Waals surface area (Å²) < 4.78 is 7.23. The van der Waals surface area contributed by atoms with E-state index < -0.39 is 5.97 Å². The number of hydrogen-bond donors (Lipinski definition) is 1. The summed E-state index contributed by atoms with van der Waals surface area (Å²) >= 11 is 0. The van der Waals surface area contributed by atoms with Gasteiger partial charge < -0.3 is 14.4 Å². The van der Waals surface area contributed by atoms with Gasteiger partial charge in [-0.05, 0) is 12.5 Å². The van der Waals surface area contributed by atoms with Crippen molar-refractivity contribution in [3.05, 3.63) is 47.5 Å². The van der Waals surface area contributed by atoms with E-state index in [4.69, 9.17) is 9.52 Å². The Morgan fingerprint density at radius 2 is 2.07 bits per heavy atom. The molecule has 0 atom stereocenters. The number of aryl methyl sites for hydroxylation is 1. The van der Waals surface area contributed by atoms with Crippen LogP contribution in [0.5, 0.6) is 0 Å². The lowest BCUT2D eigenvalue weighted by atomic mass is 10.1. The lowest BCUT2D eigenvalue weighted by Gasteiger charge is -2.17. The number of benzene rings is 1. The standard InChI is InChI=1S/C19H22N4O4/c1-3-4-8-17-14(13-7-5-6-9-16(13)27-17)10-22(2)18(24)12-23-11-15(19(25)26)20-21-23/h5-7,9,11H,3-4,8,10,12H2,1-2H3,(H,25,26). The summed E-state index contributed by atoms with van der Waals surface area (Å²) in [6.45, 7) is 2.47. The summed E-state index contributed by atoms with van der Waals surface area (Å²) in [7, 11) is 1.71. The van der Waals surface area contributed by atoms with E-state index in [0.717, 1.165) is 41.6 Å². The topological polar surface area (TPSA) is 101 Å². The number of likely N-dealkylation sites (N-methyl/N-ethyl adjacent to an activating group) is 1. The van der Waals surface area contributed by atoms with Gasteiger partial charge in [-0.3, -0.25) is 4.79 Å². The first-order valence-corrected chi connectivity index (χ1v) is 8.86. The monoisotopic (exact) mass is 370 g/mol. The number of unbranched alkanes of at least 4 members (excludes halogenated alkanes) is 1. The lowest BCUT2D eigenvalue weighted by molar-refractivity contribution is -0.131. The second-order valence-electron chi connectivity index (χ2n) is 6.46. The maximum atomic E-state index is 12.5. The molecule has 0 aliphatic carbocycles. The van der Waals surface area contributed by atoms with E-state index >= 15 is 0 Å². The average Bonchev–Trinajstić information content (AvgIpc) is 3.25. The number of carboxylic acid groups (broad SMARTS) is 1. The normalized spacial score (nSPS) is 11.0. The number of carbonyl (C=O) groups is 2. The maximum Gasteiger partial charge on any atom is 0.358 e. The number of hydrogen-bond acceptors (Lipinski definition) is 5. The lowest BCUT2D eigenvalue weighted by Crippen LogP contribution is -2.30. The highest BCUT2D eigenvalue weighted by Crippen LogP contribution is 2.28. The Morgan fingerprint density at radius 1 is 1.30 bits per heavy atom. The van der Waals surface area contributed by atoms with Gasteiger partial charge in [0.25, 0.3) is 0 Å². The second kappa shape index (κ2) is 8.03. The van der Waals surface area contributed by atoms with E-state index in [-0.39, 0.29) is 18.1 Å². The Morgan fingerprint density at radius 3 is 2.78 bits per heavy atom. The van der Waals surface area contributed by atoms with Gasteiger partial charge >= 0.3 is 5.97 Å². The van der Waals surface area contributed by atoms with Crippen molar-refractivity contribution >= 4 is 22.8 Å². The minimum Gasteiger partial charge on any atom is -0.476 e. The molecule has 0 spiro atoms. The number of amides is 1. The van der Waals surface area contributed by atoms with Crippen LogP contribution in [0.2, 0.25) is 0 Å². The molecule has 0 aliphatic heterocycles. The molecular formula is C19H22N4O4. The van der Waals surface area contributed by atoms with Crippen molar-refractivity contribution < 1.29 is 19.1 Å². The highest BCUT2D eigenvalue weighted by molar-refractivity contribution is 5.85. The Hall–Kier alpha value is -3.16. The van der Waals surface area contributed by atoms with Crippen molar-refractivity contribution in [3.8, 4) is 0 Å². The number of nitrogens with zero attached hydrogens (tertiary/aromatic N) is 4. The Bertz CT molecular complexity index is 960. The van der Waals surface area contributed by atoms with Gasteiger partial charge in [-0.2, -0.15) is 0 Å². The van der Waals surface area contributed by atoms with Crippen LogP contribution in [-0.4, -0.2) is 43.9 Å². The SMILES string of the molecule is CCCCc1oc2ccccc2c1CN(C)C(=O)Cn1cc(C(=O)O)nn1. The van der Waals surface area contributed by atoms with Crippen LogP contribution in [0, 0.1) is 0 Å². The van der Waals surface area contributed by atoms with Crippen molar-refractivity contribution in [3.63, 3.8) is 0 Å². The molecule has 0 bridgehead atoms. The molecule has 3 aromatic rings. The van der Waals surface area contributed by atoms with Crippen LogP contribution in [0.4, 0.5) is 0 Å². The molecule has 1 N–H and O–H groups in total. The fourth-order valence-electron chi connectivity index (χ4n) is 2.92. The quantitative estimate of drug-likeness (QED) is 0.654. The van der Waals surface area contributed by atoms with Crippen molar-refractivity contribution in [2.45, 2.75) is 39.3 Å². The Labute approximate surface area is 156 Å². The highest BCUT2D eigenvalue weighted by Gasteiger charge is 2.19.